The molecule has 1 fully saturated rings. The van der Waals surface area contributed by atoms with Crippen LogP contribution in [0.5, 0.6) is 0 Å². The number of aliphatic hydroxyl groups excluding tert-OH is 1. The Hall–Kier alpha value is -4.37. The van der Waals surface area contributed by atoms with Crippen LogP contribution in [0.4, 0.5) is 10.8 Å². The third-order valence-electron chi connectivity index (χ3n) is 5.68. The molecular formula is C25H17N3O5S. The highest BCUT2D eigenvalue weighted by Crippen LogP contribution is 2.44. The lowest BCUT2D eigenvalue weighted by Gasteiger charge is -2.22. The van der Waals surface area contributed by atoms with Gasteiger partial charge in [0.25, 0.3) is 11.5 Å². The van der Waals surface area contributed by atoms with Gasteiger partial charge in [0.2, 0.25) is 0 Å². The van der Waals surface area contributed by atoms with E-state index in [1.165, 1.54) is 40.5 Å². The van der Waals surface area contributed by atoms with E-state index in [0.29, 0.717) is 21.8 Å². The van der Waals surface area contributed by atoms with Crippen molar-refractivity contribution in [3.8, 4) is 0 Å². The van der Waals surface area contributed by atoms with Crippen LogP contribution in [0.2, 0.25) is 0 Å². The van der Waals surface area contributed by atoms with Gasteiger partial charge < -0.3 is 5.11 Å². The quantitative estimate of drug-likeness (QED) is 0.145. The lowest BCUT2D eigenvalue weighted by molar-refractivity contribution is -0.384. The van der Waals surface area contributed by atoms with Crippen LogP contribution >= 0.6 is 11.3 Å². The first-order valence-electron chi connectivity index (χ1n) is 10.3. The van der Waals surface area contributed by atoms with Crippen LogP contribution in [0.1, 0.15) is 22.7 Å². The third-order valence-corrected chi connectivity index (χ3v) is 6.71. The number of aromatic nitrogens is 1. The summed E-state index contributed by atoms with van der Waals surface area (Å²) in [6.07, 6.45) is 0. The van der Waals surface area contributed by atoms with E-state index in [9.17, 15) is 24.8 Å². The number of rotatable bonds is 4. The molecule has 9 heteroatoms. The van der Waals surface area contributed by atoms with Crippen LogP contribution in [-0.4, -0.2) is 26.7 Å². The SMILES string of the molecule is Cc1ccc(C(O)=C2C(=O)C(=O)N(c3nc4ccccc4s3)[C@H]2c2ccc([N+](=O)[O-])cc2)cc1. The molecule has 1 atom stereocenters. The van der Waals surface area contributed by atoms with Gasteiger partial charge in [-0.3, -0.25) is 24.6 Å². The van der Waals surface area contributed by atoms with E-state index in [-0.39, 0.29) is 17.0 Å². The van der Waals surface area contributed by atoms with Crippen molar-refractivity contribution >= 4 is 49.8 Å². The summed E-state index contributed by atoms with van der Waals surface area (Å²) in [6, 6.07) is 18.8. The van der Waals surface area contributed by atoms with E-state index in [1.807, 2.05) is 25.1 Å². The van der Waals surface area contributed by atoms with Gasteiger partial charge in [0.15, 0.2) is 5.13 Å². The van der Waals surface area contributed by atoms with Crippen LogP contribution in [0.25, 0.3) is 16.0 Å². The number of carbonyl (C=O) groups excluding carboxylic acids is 2. The average molecular weight is 471 g/mol. The number of para-hydroxylation sites is 1. The van der Waals surface area contributed by atoms with E-state index in [1.54, 1.807) is 30.3 Å². The highest BCUT2D eigenvalue weighted by molar-refractivity contribution is 7.22. The maximum absolute atomic E-state index is 13.2. The fraction of sp³-hybridized carbons (Fsp3) is 0.0800. The first-order valence-corrected chi connectivity index (χ1v) is 11.1. The smallest absolute Gasteiger partial charge is 0.301 e. The van der Waals surface area contributed by atoms with Crippen molar-refractivity contribution in [2.75, 3.05) is 4.90 Å². The molecule has 0 bridgehead atoms. The minimum Gasteiger partial charge on any atom is -0.507 e. The number of aliphatic hydroxyl groups is 1. The molecule has 1 aromatic heterocycles. The molecular weight excluding hydrogens is 454 g/mol. The molecule has 1 aliphatic rings. The van der Waals surface area contributed by atoms with Crippen LogP contribution in [-0.2, 0) is 9.59 Å². The van der Waals surface area contributed by atoms with E-state index in [2.05, 4.69) is 4.98 Å². The van der Waals surface area contributed by atoms with E-state index in [4.69, 9.17) is 0 Å². The Bertz CT molecular complexity index is 1460. The number of hydrogen-bond acceptors (Lipinski definition) is 7. The van der Waals surface area contributed by atoms with E-state index < -0.39 is 22.7 Å². The second-order valence-corrected chi connectivity index (χ2v) is 8.86. The number of carbonyl (C=O) groups is 2. The Kier molecular flexibility index (Phi) is 5.18. The molecule has 3 aromatic carbocycles. The average Bonchev–Trinajstić information content (AvgIpc) is 3.37. The van der Waals surface area contributed by atoms with Gasteiger partial charge in [-0.1, -0.05) is 53.3 Å². The normalized spacial score (nSPS) is 17.4. The summed E-state index contributed by atoms with van der Waals surface area (Å²) < 4.78 is 0.834. The minimum absolute atomic E-state index is 0.0954. The Morgan fingerprint density at radius 3 is 2.35 bits per heavy atom. The summed E-state index contributed by atoms with van der Waals surface area (Å²) in [7, 11) is 0. The van der Waals surface area contributed by atoms with E-state index in [0.717, 1.165) is 10.3 Å². The summed E-state index contributed by atoms with van der Waals surface area (Å²) in [5, 5.41) is 22.6. The number of ketones is 1. The van der Waals surface area contributed by atoms with Gasteiger partial charge in [-0.15, -0.1) is 0 Å². The van der Waals surface area contributed by atoms with Gasteiger partial charge in [0.1, 0.15) is 5.76 Å². The zero-order valence-corrected chi connectivity index (χ0v) is 18.7. The number of anilines is 1. The third kappa shape index (κ3) is 3.52. The zero-order chi connectivity index (χ0) is 24.0. The molecule has 0 saturated carbocycles. The number of nitro groups is 1. The van der Waals surface area contributed by atoms with Crippen LogP contribution in [0, 0.1) is 17.0 Å². The molecule has 8 nitrogen and oxygen atoms in total. The second-order valence-electron chi connectivity index (χ2n) is 7.85. The number of amides is 1. The first-order chi connectivity index (χ1) is 16.3. The summed E-state index contributed by atoms with van der Waals surface area (Å²) in [4.78, 5) is 42.8. The summed E-state index contributed by atoms with van der Waals surface area (Å²) in [6.45, 7) is 1.90. The fourth-order valence-corrected chi connectivity index (χ4v) is 4.95. The molecule has 2 heterocycles. The lowest BCUT2D eigenvalue weighted by atomic mass is 9.95. The molecule has 34 heavy (non-hydrogen) atoms. The van der Waals surface area contributed by atoms with Crippen molar-refractivity contribution in [2.24, 2.45) is 0 Å². The van der Waals surface area contributed by atoms with Crippen molar-refractivity contribution in [1.82, 2.24) is 4.98 Å². The van der Waals surface area contributed by atoms with Crippen molar-refractivity contribution < 1.29 is 19.6 Å². The molecule has 5 rings (SSSR count). The minimum atomic E-state index is -0.998. The standard InChI is InChI=1S/C25H17N3O5S/c1-14-6-8-16(9-7-14)22(29)20-21(15-10-12-17(13-11-15)28(32)33)27(24(31)23(20)30)25-26-18-4-2-3-5-19(18)34-25/h2-13,21,29H,1H3/t21-/m0/s1. The van der Waals surface area contributed by atoms with Gasteiger partial charge >= 0.3 is 5.91 Å². The molecule has 0 spiro atoms. The van der Waals surface area contributed by atoms with E-state index >= 15 is 0 Å². The summed E-state index contributed by atoms with van der Waals surface area (Å²) >= 11 is 1.25. The van der Waals surface area contributed by atoms with Crippen LogP contribution < -0.4 is 4.90 Å². The second kappa shape index (κ2) is 8.20. The van der Waals surface area contributed by atoms with Gasteiger partial charge in [-0.2, -0.15) is 0 Å². The fourth-order valence-electron chi connectivity index (χ4n) is 3.95. The zero-order valence-electron chi connectivity index (χ0n) is 17.8. The largest absolute Gasteiger partial charge is 0.507 e. The maximum Gasteiger partial charge on any atom is 0.301 e. The van der Waals surface area contributed by atoms with Crippen LogP contribution in [0.15, 0.2) is 78.4 Å². The summed E-state index contributed by atoms with van der Waals surface area (Å²) in [5.41, 5.74) is 2.25. The topological polar surface area (TPSA) is 114 Å². The first kappa shape index (κ1) is 21.5. The number of benzene rings is 3. The number of nitro benzene ring substituents is 1. The predicted molar refractivity (Wildman–Crippen MR) is 129 cm³/mol. The highest BCUT2D eigenvalue weighted by Gasteiger charge is 2.48. The van der Waals surface area contributed by atoms with Crippen molar-refractivity contribution in [1.29, 1.82) is 0 Å². The van der Waals surface area contributed by atoms with Crippen LogP contribution in [0.3, 0.4) is 0 Å². The number of Topliss-reactive ketones (excluding diaryl/α,β-unsaturated/α-hetero) is 1. The van der Waals surface area contributed by atoms with Gasteiger partial charge in [0, 0.05) is 17.7 Å². The number of thiazole rings is 1. The molecule has 0 unspecified atom stereocenters. The molecule has 1 saturated heterocycles. The number of aryl methyl sites for hydroxylation is 1. The van der Waals surface area contributed by atoms with Crippen molar-refractivity contribution in [3.63, 3.8) is 0 Å². The maximum atomic E-state index is 13.2. The van der Waals surface area contributed by atoms with Crippen molar-refractivity contribution in [3.05, 3.63) is 105 Å². The molecule has 1 N–H and O–H groups in total. The van der Waals surface area contributed by atoms with Gasteiger partial charge in [-0.05, 0) is 36.8 Å². The Morgan fingerprint density at radius 2 is 1.71 bits per heavy atom. The predicted octanol–water partition coefficient (Wildman–Crippen LogP) is 5.14. The van der Waals surface area contributed by atoms with Crippen molar-refractivity contribution in [2.45, 2.75) is 13.0 Å². The molecule has 4 aromatic rings. The molecule has 0 radical (unpaired) electrons. The Labute approximate surface area is 197 Å². The highest BCUT2D eigenvalue weighted by atomic mass is 32.1. The Balaban J connectivity index is 1.72. The molecule has 1 aliphatic heterocycles. The van der Waals surface area contributed by atoms with Gasteiger partial charge in [-0.25, -0.2) is 4.98 Å². The van der Waals surface area contributed by atoms with Gasteiger partial charge in [0.05, 0.1) is 26.8 Å². The summed E-state index contributed by atoms with van der Waals surface area (Å²) in [5.74, 6) is -1.98. The number of non-ortho nitro benzene ring substituents is 1. The number of hydrogen-bond donors (Lipinski definition) is 1. The molecule has 0 aliphatic carbocycles. The number of nitrogens with zero attached hydrogens (tertiary/aromatic N) is 3. The lowest BCUT2D eigenvalue weighted by Crippen LogP contribution is -2.29. The number of fused-ring (bicyclic) bond motifs is 1. The Morgan fingerprint density at radius 1 is 1.03 bits per heavy atom. The monoisotopic (exact) mass is 471 g/mol. The molecule has 1 amide bonds. The molecule has 168 valence electrons.